The van der Waals surface area contributed by atoms with E-state index >= 15 is 0 Å². The van der Waals surface area contributed by atoms with Gasteiger partial charge >= 0.3 is 0 Å². The first-order chi connectivity index (χ1) is 13.1. The van der Waals surface area contributed by atoms with Gasteiger partial charge in [-0.15, -0.1) is 0 Å². The number of ether oxygens (including phenoxy) is 1. The number of benzene rings is 2. The van der Waals surface area contributed by atoms with Crippen molar-refractivity contribution in [2.24, 2.45) is 0 Å². The maximum absolute atomic E-state index is 12.7. The van der Waals surface area contributed by atoms with Crippen molar-refractivity contribution in [2.75, 3.05) is 38.2 Å². The molecule has 2 aromatic carbocycles. The number of carbonyl (C=O) groups excluding carboxylic acids is 1. The summed E-state index contributed by atoms with van der Waals surface area (Å²) in [5.41, 5.74) is 2.91. The molecule has 1 N–H and O–H groups in total. The Morgan fingerprint density at radius 1 is 1.11 bits per heavy atom. The highest BCUT2D eigenvalue weighted by Gasteiger charge is 2.24. The van der Waals surface area contributed by atoms with Gasteiger partial charge in [-0.25, -0.2) is 0 Å². The van der Waals surface area contributed by atoms with Crippen LogP contribution in [-0.2, 0) is 0 Å². The average Bonchev–Trinajstić information content (AvgIpc) is 2.70. The summed E-state index contributed by atoms with van der Waals surface area (Å²) in [7, 11) is 1.92. The van der Waals surface area contributed by atoms with Gasteiger partial charge in [0.15, 0.2) is 0 Å². The number of amides is 1. The van der Waals surface area contributed by atoms with Crippen molar-refractivity contribution in [3.05, 3.63) is 59.7 Å². The molecular formula is C22H28N2O3. The normalized spacial score (nSPS) is 14.9. The molecule has 2 aromatic rings. The van der Waals surface area contributed by atoms with Gasteiger partial charge in [0.1, 0.15) is 11.9 Å². The van der Waals surface area contributed by atoms with Crippen molar-refractivity contribution in [3.8, 4) is 5.75 Å². The zero-order chi connectivity index (χ0) is 19.2. The Kier molecular flexibility index (Phi) is 6.35. The second-order valence-electron chi connectivity index (χ2n) is 7.11. The summed E-state index contributed by atoms with van der Waals surface area (Å²) in [4.78, 5) is 16.6. The minimum Gasteiger partial charge on any atom is -0.490 e. The van der Waals surface area contributed by atoms with E-state index in [4.69, 9.17) is 9.84 Å². The number of nitrogens with zero attached hydrogens (tertiary/aromatic N) is 2. The van der Waals surface area contributed by atoms with Gasteiger partial charge in [-0.3, -0.25) is 4.79 Å². The van der Waals surface area contributed by atoms with Crippen LogP contribution in [0.25, 0.3) is 0 Å². The molecular weight excluding hydrogens is 340 g/mol. The Balaban J connectivity index is 1.52. The Labute approximate surface area is 161 Å². The zero-order valence-corrected chi connectivity index (χ0v) is 16.1. The predicted octanol–water partition coefficient (Wildman–Crippen LogP) is 3.11. The molecule has 0 radical (unpaired) electrons. The lowest BCUT2D eigenvalue weighted by molar-refractivity contribution is 0.0595. The van der Waals surface area contributed by atoms with Gasteiger partial charge < -0.3 is 19.6 Å². The van der Waals surface area contributed by atoms with Gasteiger partial charge in [-0.1, -0.05) is 17.7 Å². The molecule has 5 nitrogen and oxygen atoms in total. The maximum Gasteiger partial charge on any atom is 0.253 e. The van der Waals surface area contributed by atoms with Gasteiger partial charge in [-0.05, 0) is 43.3 Å². The van der Waals surface area contributed by atoms with E-state index in [0.29, 0.717) is 25.2 Å². The van der Waals surface area contributed by atoms with Crippen LogP contribution >= 0.6 is 0 Å². The lowest BCUT2D eigenvalue weighted by atomic mass is 10.1. The third kappa shape index (κ3) is 5.01. The smallest absolute Gasteiger partial charge is 0.253 e. The van der Waals surface area contributed by atoms with Crippen LogP contribution in [0.5, 0.6) is 5.75 Å². The van der Waals surface area contributed by atoms with E-state index < -0.39 is 0 Å². The summed E-state index contributed by atoms with van der Waals surface area (Å²) in [6.45, 7) is 4.16. The van der Waals surface area contributed by atoms with Crippen molar-refractivity contribution >= 4 is 11.6 Å². The molecule has 0 bridgehead atoms. The number of aliphatic hydroxyl groups excluding tert-OH is 1. The van der Waals surface area contributed by atoms with E-state index in [1.165, 1.54) is 5.56 Å². The summed E-state index contributed by atoms with van der Waals surface area (Å²) in [6.07, 6.45) is 1.85. The number of anilines is 1. The highest BCUT2D eigenvalue weighted by Crippen LogP contribution is 2.21. The largest absolute Gasteiger partial charge is 0.490 e. The number of rotatable bonds is 6. The van der Waals surface area contributed by atoms with E-state index in [9.17, 15) is 4.79 Å². The summed E-state index contributed by atoms with van der Waals surface area (Å²) >= 11 is 0. The van der Waals surface area contributed by atoms with Crippen LogP contribution in [0.3, 0.4) is 0 Å². The molecule has 0 atom stereocenters. The second kappa shape index (κ2) is 8.91. The van der Waals surface area contributed by atoms with E-state index in [-0.39, 0.29) is 18.6 Å². The molecule has 0 unspecified atom stereocenters. The van der Waals surface area contributed by atoms with Gasteiger partial charge in [0, 0.05) is 50.8 Å². The molecule has 1 amide bonds. The molecule has 1 aliphatic heterocycles. The van der Waals surface area contributed by atoms with Crippen LogP contribution in [0, 0.1) is 6.92 Å². The molecule has 0 aliphatic carbocycles. The minimum absolute atomic E-state index is 0.0696. The minimum atomic E-state index is 0.0696. The second-order valence-corrected chi connectivity index (χ2v) is 7.11. The highest BCUT2D eigenvalue weighted by atomic mass is 16.5. The van der Waals surface area contributed by atoms with Gasteiger partial charge in [0.25, 0.3) is 5.91 Å². The summed E-state index contributed by atoms with van der Waals surface area (Å²) < 4.78 is 6.05. The summed E-state index contributed by atoms with van der Waals surface area (Å²) in [5, 5.41) is 9.02. The SMILES string of the molecule is Cc1ccc(OC2CCN(C(=O)c3ccc(N(C)CCO)cc3)CC2)cc1. The molecule has 1 heterocycles. The van der Waals surface area contributed by atoms with Crippen LogP contribution in [0.15, 0.2) is 48.5 Å². The highest BCUT2D eigenvalue weighted by molar-refractivity contribution is 5.94. The number of hydrogen-bond donors (Lipinski definition) is 1. The Hall–Kier alpha value is -2.53. The number of aliphatic hydroxyl groups is 1. The number of carbonyl (C=O) groups is 1. The average molecular weight is 368 g/mol. The van der Waals surface area contributed by atoms with E-state index in [2.05, 4.69) is 19.1 Å². The first-order valence-corrected chi connectivity index (χ1v) is 9.51. The quantitative estimate of drug-likeness (QED) is 0.851. The predicted molar refractivity (Wildman–Crippen MR) is 108 cm³/mol. The maximum atomic E-state index is 12.7. The third-order valence-corrected chi connectivity index (χ3v) is 5.04. The molecule has 5 heteroatoms. The number of aryl methyl sites for hydroxylation is 1. The Morgan fingerprint density at radius 2 is 1.74 bits per heavy atom. The third-order valence-electron chi connectivity index (χ3n) is 5.04. The van der Waals surface area contributed by atoms with Crippen molar-refractivity contribution in [2.45, 2.75) is 25.9 Å². The van der Waals surface area contributed by atoms with Crippen molar-refractivity contribution in [1.29, 1.82) is 0 Å². The monoisotopic (exact) mass is 368 g/mol. The Bertz CT molecular complexity index is 735. The van der Waals surface area contributed by atoms with Crippen molar-refractivity contribution < 1.29 is 14.6 Å². The molecule has 0 aromatic heterocycles. The standard InChI is InChI=1S/C22H28N2O3/c1-17-3-9-20(10-4-17)27-21-11-13-24(14-12-21)22(26)18-5-7-19(8-6-18)23(2)15-16-25/h3-10,21,25H,11-16H2,1-2H3. The topological polar surface area (TPSA) is 53.0 Å². The van der Waals surface area contributed by atoms with Crippen LogP contribution in [0.2, 0.25) is 0 Å². The van der Waals surface area contributed by atoms with Crippen molar-refractivity contribution in [1.82, 2.24) is 4.90 Å². The molecule has 1 saturated heterocycles. The van der Waals surface area contributed by atoms with E-state index in [1.807, 2.05) is 53.2 Å². The van der Waals surface area contributed by atoms with Gasteiger partial charge in [-0.2, -0.15) is 0 Å². The first kappa shape index (κ1) is 19.2. The molecule has 1 fully saturated rings. The molecule has 3 rings (SSSR count). The Morgan fingerprint density at radius 3 is 2.33 bits per heavy atom. The number of likely N-dealkylation sites (N-methyl/N-ethyl adjacent to an activating group) is 1. The van der Waals surface area contributed by atoms with Crippen LogP contribution in [0.1, 0.15) is 28.8 Å². The van der Waals surface area contributed by atoms with Gasteiger partial charge in [0.2, 0.25) is 0 Å². The summed E-state index contributed by atoms with van der Waals surface area (Å²) in [5.74, 6) is 0.966. The number of piperidine rings is 1. The lowest BCUT2D eigenvalue weighted by Crippen LogP contribution is -2.41. The number of likely N-dealkylation sites (tertiary alicyclic amines) is 1. The zero-order valence-electron chi connectivity index (χ0n) is 16.1. The summed E-state index contributed by atoms with van der Waals surface area (Å²) in [6, 6.07) is 15.7. The van der Waals surface area contributed by atoms with Crippen LogP contribution in [0.4, 0.5) is 5.69 Å². The van der Waals surface area contributed by atoms with Crippen LogP contribution in [-0.4, -0.2) is 55.3 Å². The van der Waals surface area contributed by atoms with E-state index in [0.717, 1.165) is 24.3 Å². The molecule has 144 valence electrons. The lowest BCUT2D eigenvalue weighted by Gasteiger charge is -2.32. The van der Waals surface area contributed by atoms with E-state index in [1.54, 1.807) is 0 Å². The fraction of sp³-hybridized carbons (Fsp3) is 0.409. The molecule has 27 heavy (non-hydrogen) atoms. The van der Waals surface area contributed by atoms with Crippen molar-refractivity contribution in [3.63, 3.8) is 0 Å². The molecule has 0 saturated carbocycles. The van der Waals surface area contributed by atoms with Crippen LogP contribution < -0.4 is 9.64 Å². The van der Waals surface area contributed by atoms with Gasteiger partial charge in [0.05, 0.1) is 6.61 Å². The molecule has 0 spiro atoms. The fourth-order valence-corrected chi connectivity index (χ4v) is 3.31. The number of hydrogen-bond acceptors (Lipinski definition) is 4. The fourth-order valence-electron chi connectivity index (χ4n) is 3.31. The first-order valence-electron chi connectivity index (χ1n) is 9.51. The molecule has 1 aliphatic rings.